The van der Waals surface area contributed by atoms with Crippen molar-refractivity contribution in [1.82, 2.24) is 15.1 Å². The number of benzene rings is 2. The van der Waals surface area contributed by atoms with E-state index in [0.29, 0.717) is 23.5 Å². The summed E-state index contributed by atoms with van der Waals surface area (Å²) in [5, 5.41) is 7.68. The van der Waals surface area contributed by atoms with E-state index in [1.54, 1.807) is 33.8 Å². The fourth-order valence-corrected chi connectivity index (χ4v) is 4.32. The van der Waals surface area contributed by atoms with Crippen molar-refractivity contribution >= 4 is 5.91 Å². The van der Waals surface area contributed by atoms with Crippen LogP contribution in [-0.4, -0.2) is 41.9 Å². The molecule has 2 N–H and O–H groups in total. The average molecular weight is 422 g/mol. The SMILES string of the molecule is Cc1ccc(-n2nc(-c3ccccc3F)cc2C(=O)NCC[NH+]2CCCCC2)c(C)c1. The van der Waals surface area contributed by atoms with Crippen molar-refractivity contribution in [3.05, 3.63) is 71.2 Å². The highest BCUT2D eigenvalue weighted by Crippen LogP contribution is 2.25. The molecule has 5 nitrogen and oxygen atoms in total. The first kappa shape index (κ1) is 21.2. The third-order valence-corrected chi connectivity index (χ3v) is 6.00. The van der Waals surface area contributed by atoms with Crippen molar-refractivity contribution in [3.63, 3.8) is 0 Å². The number of aryl methyl sites for hydroxylation is 2. The van der Waals surface area contributed by atoms with Crippen molar-refractivity contribution in [3.8, 4) is 16.9 Å². The van der Waals surface area contributed by atoms with Crippen molar-refractivity contribution in [2.24, 2.45) is 0 Å². The summed E-state index contributed by atoms with van der Waals surface area (Å²) in [5.41, 5.74) is 4.22. The molecule has 0 spiro atoms. The van der Waals surface area contributed by atoms with Crippen LogP contribution in [-0.2, 0) is 0 Å². The standard InChI is InChI=1S/C25H29FN4O/c1-18-10-11-23(19(2)16-18)30-24(17-22(28-30)20-8-4-5-9-21(20)26)25(31)27-12-15-29-13-6-3-7-14-29/h4-5,8-11,16-17H,3,6-7,12-15H2,1-2H3,(H,27,31)/p+1. The lowest BCUT2D eigenvalue weighted by Gasteiger charge is -2.23. The molecule has 0 bridgehead atoms. The number of carbonyl (C=O) groups excluding carboxylic acids is 1. The maximum Gasteiger partial charge on any atom is 0.270 e. The minimum atomic E-state index is -0.353. The smallest absolute Gasteiger partial charge is 0.270 e. The van der Waals surface area contributed by atoms with E-state index in [1.807, 2.05) is 26.0 Å². The highest BCUT2D eigenvalue weighted by molar-refractivity contribution is 5.94. The van der Waals surface area contributed by atoms with Gasteiger partial charge in [-0.15, -0.1) is 0 Å². The number of nitrogens with zero attached hydrogens (tertiary/aromatic N) is 2. The first-order valence-electron chi connectivity index (χ1n) is 11.1. The molecule has 1 saturated heterocycles. The Kier molecular flexibility index (Phi) is 6.47. The Morgan fingerprint density at radius 2 is 1.87 bits per heavy atom. The van der Waals surface area contributed by atoms with E-state index in [2.05, 4.69) is 16.5 Å². The average Bonchev–Trinajstić information content (AvgIpc) is 3.20. The topological polar surface area (TPSA) is 51.4 Å². The number of hydrogen-bond acceptors (Lipinski definition) is 2. The van der Waals surface area contributed by atoms with Crippen LogP contribution in [0.25, 0.3) is 16.9 Å². The van der Waals surface area contributed by atoms with Crippen LogP contribution in [0.2, 0.25) is 0 Å². The third-order valence-electron chi connectivity index (χ3n) is 6.00. The minimum Gasteiger partial charge on any atom is -0.345 e. The molecule has 3 aromatic rings. The number of likely N-dealkylation sites (tertiary alicyclic amines) is 1. The Morgan fingerprint density at radius 3 is 2.61 bits per heavy atom. The molecule has 1 amide bonds. The summed E-state index contributed by atoms with van der Waals surface area (Å²) in [7, 11) is 0. The summed E-state index contributed by atoms with van der Waals surface area (Å²) in [6.45, 7) is 7.90. The molecular formula is C25H30FN4O+. The van der Waals surface area contributed by atoms with Crippen molar-refractivity contribution in [2.75, 3.05) is 26.2 Å². The quantitative estimate of drug-likeness (QED) is 0.643. The van der Waals surface area contributed by atoms with Gasteiger partial charge in [-0.2, -0.15) is 5.10 Å². The number of piperidine rings is 1. The first-order chi connectivity index (χ1) is 15.0. The number of nitrogens with one attached hydrogen (secondary N) is 2. The van der Waals surface area contributed by atoms with Gasteiger partial charge < -0.3 is 10.2 Å². The lowest BCUT2D eigenvalue weighted by Crippen LogP contribution is -3.13. The molecule has 0 saturated carbocycles. The Bertz CT molecular complexity index is 1070. The van der Waals surface area contributed by atoms with Gasteiger partial charge in [0.15, 0.2) is 0 Å². The molecule has 1 fully saturated rings. The third kappa shape index (κ3) is 4.85. The molecule has 162 valence electrons. The number of rotatable bonds is 6. The summed E-state index contributed by atoms with van der Waals surface area (Å²) in [6.07, 6.45) is 3.83. The van der Waals surface area contributed by atoms with E-state index in [0.717, 1.165) is 23.4 Å². The lowest BCUT2D eigenvalue weighted by atomic mass is 10.1. The fourth-order valence-electron chi connectivity index (χ4n) is 4.32. The van der Waals surface area contributed by atoms with Gasteiger partial charge in [-0.1, -0.05) is 29.8 Å². The van der Waals surface area contributed by atoms with E-state index < -0.39 is 0 Å². The van der Waals surface area contributed by atoms with Crippen LogP contribution in [0.15, 0.2) is 48.5 Å². The minimum absolute atomic E-state index is 0.188. The molecule has 0 atom stereocenters. The molecule has 1 aliphatic rings. The molecule has 0 aliphatic carbocycles. The maximum absolute atomic E-state index is 14.4. The van der Waals surface area contributed by atoms with Gasteiger partial charge in [0, 0.05) is 5.56 Å². The Hall–Kier alpha value is -2.99. The van der Waals surface area contributed by atoms with Gasteiger partial charge in [0.2, 0.25) is 0 Å². The van der Waals surface area contributed by atoms with E-state index >= 15 is 0 Å². The van der Waals surface area contributed by atoms with Gasteiger partial charge in [-0.25, -0.2) is 9.07 Å². The molecule has 0 radical (unpaired) electrons. The molecule has 2 heterocycles. The summed E-state index contributed by atoms with van der Waals surface area (Å²) in [6, 6.07) is 14.2. The zero-order valence-electron chi connectivity index (χ0n) is 18.2. The summed E-state index contributed by atoms with van der Waals surface area (Å²) < 4.78 is 16.0. The predicted molar refractivity (Wildman–Crippen MR) is 120 cm³/mol. The van der Waals surface area contributed by atoms with Crippen molar-refractivity contribution < 1.29 is 14.1 Å². The van der Waals surface area contributed by atoms with Gasteiger partial charge in [-0.05, 0) is 62.9 Å². The summed E-state index contributed by atoms with van der Waals surface area (Å²) >= 11 is 0. The van der Waals surface area contributed by atoms with E-state index in [9.17, 15) is 9.18 Å². The second-order valence-corrected chi connectivity index (χ2v) is 8.41. The van der Waals surface area contributed by atoms with Crippen LogP contribution < -0.4 is 10.2 Å². The van der Waals surface area contributed by atoms with Gasteiger partial charge in [-0.3, -0.25) is 4.79 Å². The second kappa shape index (κ2) is 9.43. The summed E-state index contributed by atoms with van der Waals surface area (Å²) in [5.74, 6) is -0.542. The highest BCUT2D eigenvalue weighted by atomic mass is 19.1. The number of aromatic nitrogens is 2. The van der Waals surface area contributed by atoms with E-state index in [-0.39, 0.29) is 11.7 Å². The number of amides is 1. The van der Waals surface area contributed by atoms with Gasteiger partial charge >= 0.3 is 0 Å². The summed E-state index contributed by atoms with van der Waals surface area (Å²) in [4.78, 5) is 14.7. The Labute approximate surface area is 182 Å². The van der Waals surface area contributed by atoms with Crippen LogP contribution in [0.5, 0.6) is 0 Å². The number of quaternary nitrogens is 1. The monoisotopic (exact) mass is 421 g/mol. The molecule has 31 heavy (non-hydrogen) atoms. The normalized spacial score (nSPS) is 14.5. The zero-order chi connectivity index (χ0) is 21.8. The Morgan fingerprint density at radius 1 is 1.10 bits per heavy atom. The van der Waals surface area contributed by atoms with E-state index in [4.69, 9.17) is 0 Å². The largest absolute Gasteiger partial charge is 0.345 e. The van der Waals surface area contributed by atoms with Crippen LogP contribution in [0.3, 0.4) is 0 Å². The predicted octanol–water partition coefficient (Wildman–Crippen LogP) is 3.09. The van der Waals surface area contributed by atoms with Crippen LogP contribution in [0.1, 0.15) is 40.9 Å². The van der Waals surface area contributed by atoms with Crippen molar-refractivity contribution in [2.45, 2.75) is 33.1 Å². The number of carbonyl (C=O) groups is 1. The molecule has 1 aliphatic heterocycles. The van der Waals surface area contributed by atoms with Gasteiger partial charge in [0.1, 0.15) is 11.5 Å². The molecule has 1 aromatic heterocycles. The van der Waals surface area contributed by atoms with Crippen LogP contribution in [0.4, 0.5) is 4.39 Å². The lowest BCUT2D eigenvalue weighted by molar-refractivity contribution is -0.903. The Balaban J connectivity index is 1.63. The highest BCUT2D eigenvalue weighted by Gasteiger charge is 2.21. The molecule has 2 aromatic carbocycles. The molecule has 0 unspecified atom stereocenters. The van der Waals surface area contributed by atoms with E-state index in [1.165, 1.54) is 38.4 Å². The number of halogens is 1. The van der Waals surface area contributed by atoms with Crippen LogP contribution >= 0.6 is 0 Å². The first-order valence-corrected chi connectivity index (χ1v) is 11.1. The molecule has 4 rings (SSSR count). The molecular weight excluding hydrogens is 391 g/mol. The van der Waals surface area contributed by atoms with Gasteiger partial charge in [0.25, 0.3) is 5.91 Å². The van der Waals surface area contributed by atoms with Crippen molar-refractivity contribution in [1.29, 1.82) is 0 Å². The zero-order valence-corrected chi connectivity index (χ0v) is 18.2. The maximum atomic E-state index is 14.4. The fraction of sp³-hybridized carbons (Fsp3) is 0.360. The molecule has 6 heteroatoms. The van der Waals surface area contributed by atoms with Gasteiger partial charge in [0.05, 0.1) is 37.6 Å². The second-order valence-electron chi connectivity index (χ2n) is 8.41. The number of hydrogen-bond donors (Lipinski definition) is 2. The van der Waals surface area contributed by atoms with Crippen LogP contribution in [0, 0.1) is 19.7 Å².